The Labute approximate surface area is 127 Å². The van der Waals surface area contributed by atoms with Crippen molar-refractivity contribution in [3.8, 4) is 0 Å². The van der Waals surface area contributed by atoms with Gasteiger partial charge in [-0.3, -0.25) is 4.79 Å². The maximum Gasteiger partial charge on any atom is 0.303 e. The summed E-state index contributed by atoms with van der Waals surface area (Å²) < 4.78 is 1.18. The van der Waals surface area contributed by atoms with Crippen LogP contribution in [0, 0.1) is 5.41 Å². The van der Waals surface area contributed by atoms with E-state index in [2.05, 4.69) is 30.3 Å². The lowest BCUT2D eigenvalue weighted by Gasteiger charge is -2.54. The summed E-state index contributed by atoms with van der Waals surface area (Å²) in [5.41, 5.74) is 1.72. The van der Waals surface area contributed by atoms with Gasteiger partial charge in [-0.05, 0) is 32.1 Å². The molecule has 2 bridgehead atoms. The molecule has 2 aliphatic heterocycles. The van der Waals surface area contributed by atoms with Gasteiger partial charge in [0.1, 0.15) is 6.54 Å². The Kier molecular flexibility index (Phi) is 4.03. The zero-order chi connectivity index (χ0) is 14.8. The highest BCUT2D eigenvalue weighted by Crippen LogP contribution is 2.46. The summed E-state index contributed by atoms with van der Waals surface area (Å²) >= 11 is 0. The third kappa shape index (κ3) is 3.29. The van der Waals surface area contributed by atoms with E-state index >= 15 is 0 Å². The number of carboxylic acids is 1. The summed E-state index contributed by atoms with van der Waals surface area (Å²) in [6.45, 7) is 4.85. The zero-order valence-corrected chi connectivity index (χ0v) is 12.8. The first kappa shape index (κ1) is 14.6. The van der Waals surface area contributed by atoms with Gasteiger partial charge < -0.3 is 9.59 Å². The van der Waals surface area contributed by atoms with Gasteiger partial charge in [-0.15, -0.1) is 0 Å². The molecule has 1 aromatic carbocycles. The second kappa shape index (κ2) is 5.80. The Bertz CT molecular complexity index is 487. The smallest absolute Gasteiger partial charge is 0.303 e. The number of aliphatic carboxylic acids is 1. The van der Waals surface area contributed by atoms with Crippen LogP contribution in [-0.4, -0.2) is 35.2 Å². The standard InChI is InChI=1S/C18H25NO2/c20-17(21)8-11-18-9-4-12-19(15-18,13-5-10-18)14-16-6-2-1-3-7-16/h1-3,6-7H,4-5,8-15H2/p+1. The number of hydrogen-bond acceptors (Lipinski definition) is 1. The number of benzene rings is 1. The van der Waals surface area contributed by atoms with E-state index in [1.54, 1.807) is 0 Å². The maximum atomic E-state index is 11.0. The number of piperidine rings is 2. The number of rotatable bonds is 5. The molecule has 0 aliphatic carbocycles. The van der Waals surface area contributed by atoms with Crippen molar-refractivity contribution in [1.29, 1.82) is 0 Å². The second-order valence-corrected chi connectivity index (χ2v) is 7.19. The summed E-state index contributed by atoms with van der Waals surface area (Å²) in [7, 11) is 0. The quantitative estimate of drug-likeness (QED) is 0.843. The van der Waals surface area contributed by atoms with E-state index in [1.165, 1.54) is 55.4 Å². The first-order valence-electron chi connectivity index (χ1n) is 8.22. The van der Waals surface area contributed by atoms with E-state index in [0.717, 1.165) is 13.0 Å². The molecule has 3 heteroatoms. The van der Waals surface area contributed by atoms with Gasteiger partial charge in [0.2, 0.25) is 0 Å². The molecule has 0 saturated carbocycles. The third-order valence-electron chi connectivity index (χ3n) is 5.58. The maximum absolute atomic E-state index is 11.0. The first-order chi connectivity index (χ1) is 10.1. The number of fused-ring (bicyclic) bond motifs is 2. The molecule has 0 spiro atoms. The van der Waals surface area contributed by atoms with Crippen molar-refractivity contribution in [3.63, 3.8) is 0 Å². The molecule has 0 amide bonds. The molecule has 2 fully saturated rings. The molecule has 0 atom stereocenters. The molecule has 2 heterocycles. The molecule has 1 aromatic rings. The van der Waals surface area contributed by atoms with Gasteiger partial charge in [0, 0.05) is 17.4 Å². The minimum atomic E-state index is -0.637. The monoisotopic (exact) mass is 288 g/mol. The van der Waals surface area contributed by atoms with Crippen molar-refractivity contribution in [1.82, 2.24) is 0 Å². The lowest BCUT2D eigenvalue weighted by molar-refractivity contribution is -0.957. The van der Waals surface area contributed by atoms with Gasteiger partial charge in [0.15, 0.2) is 0 Å². The van der Waals surface area contributed by atoms with E-state index in [1.807, 2.05) is 0 Å². The Hall–Kier alpha value is -1.35. The van der Waals surface area contributed by atoms with Crippen LogP contribution in [0.4, 0.5) is 0 Å². The van der Waals surface area contributed by atoms with Gasteiger partial charge in [-0.1, -0.05) is 30.3 Å². The van der Waals surface area contributed by atoms with Crippen LogP contribution < -0.4 is 0 Å². The van der Waals surface area contributed by atoms with Crippen molar-refractivity contribution >= 4 is 5.97 Å². The third-order valence-corrected chi connectivity index (χ3v) is 5.58. The number of carbonyl (C=O) groups is 1. The van der Waals surface area contributed by atoms with Gasteiger partial charge >= 0.3 is 5.97 Å². The minimum absolute atomic E-state index is 0.295. The molecular formula is C18H26NO2+. The average molecular weight is 288 g/mol. The van der Waals surface area contributed by atoms with Gasteiger partial charge in [-0.25, -0.2) is 0 Å². The SMILES string of the molecule is O=C(O)CCC12CCC[N+](Cc3ccccc3)(CCC1)C2. The van der Waals surface area contributed by atoms with E-state index < -0.39 is 5.97 Å². The Morgan fingerprint density at radius 3 is 2.43 bits per heavy atom. The molecule has 3 rings (SSSR count). The minimum Gasteiger partial charge on any atom is -0.481 e. The van der Waals surface area contributed by atoms with Crippen LogP contribution in [0.25, 0.3) is 0 Å². The Morgan fingerprint density at radius 2 is 1.81 bits per heavy atom. The molecule has 3 nitrogen and oxygen atoms in total. The highest BCUT2D eigenvalue weighted by molar-refractivity contribution is 5.66. The van der Waals surface area contributed by atoms with Gasteiger partial charge in [0.25, 0.3) is 0 Å². The summed E-state index contributed by atoms with van der Waals surface area (Å²) in [5, 5.41) is 9.03. The summed E-state index contributed by atoms with van der Waals surface area (Å²) in [5.74, 6) is -0.637. The molecule has 21 heavy (non-hydrogen) atoms. The molecule has 0 aromatic heterocycles. The van der Waals surface area contributed by atoms with E-state index in [4.69, 9.17) is 5.11 Å². The number of nitrogens with zero attached hydrogens (tertiary/aromatic N) is 1. The highest BCUT2D eigenvalue weighted by atomic mass is 16.4. The van der Waals surface area contributed by atoms with Crippen LogP contribution in [0.5, 0.6) is 0 Å². The van der Waals surface area contributed by atoms with Crippen molar-refractivity contribution in [2.75, 3.05) is 19.6 Å². The summed E-state index contributed by atoms with van der Waals surface area (Å²) in [6.07, 6.45) is 6.19. The van der Waals surface area contributed by atoms with Crippen molar-refractivity contribution in [2.24, 2.45) is 5.41 Å². The molecular weight excluding hydrogens is 262 g/mol. The van der Waals surface area contributed by atoms with Crippen LogP contribution in [0.3, 0.4) is 0 Å². The summed E-state index contributed by atoms with van der Waals surface area (Å²) in [4.78, 5) is 11.0. The predicted octanol–water partition coefficient (Wildman–Crippen LogP) is 3.44. The summed E-state index contributed by atoms with van der Waals surface area (Å²) in [6, 6.07) is 10.8. The fraction of sp³-hybridized carbons (Fsp3) is 0.611. The van der Waals surface area contributed by atoms with Crippen LogP contribution in [0.2, 0.25) is 0 Å². The van der Waals surface area contributed by atoms with Gasteiger partial charge in [0.05, 0.1) is 19.6 Å². The Morgan fingerprint density at radius 1 is 1.14 bits per heavy atom. The number of hydrogen-bond donors (Lipinski definition) is 1. The highest BCUT2D eigenvalue weighted by Gasteiger charge is 2.47. The van der Waals surface area contributed by atoms with E-state index in [0.29, 0.717) is 11.8 Å². The number of carboxylic acid groups (broad SMARTS) is 1. The molecule has 114 valence electrons. The van der Waals surface area contributed by atoms with E-state index in [-0.39, 0.29) is 0 Å². The normalized spacial score (nSPS) is 31.8. The molecule has 0 unspecified atom stereocenters. The van der Waals surface area contributed by atoms with Crippen molar-refractivity contribution in [3.05, 3.63) is 35.9 Å². The fourth-order valence-electron chi connectivity index (χ4n) is 4.73. The van der Waals surface area contributed by atoms with Crippen LogP contribution in [-0.2, 0) is 11.3 Å². The van der Waals surface area contributed by atoms with Crippen LogP contribution in [0.15, 0.2) is 30.3 Å². The fourth-order valence-corrected chi connectivity index (χ4v) is 4.73. The molecule has 1 N–H and O–H groups in total. The van der Waals surface area contributed by atoms with Crippen LogP contribution in [0.1, 0.15) is 44.1 Å². The average Bonchev–Trinajstić information content (AvgIpc) is 2.46. The first-order valence-corrected chi connectivity index (χ1v) is 8.22. The zero-order valence-electron chi connectivity index (χ0n) is 12.8. The Balaban J connectivity index is 1.74. The van der Waals surface area contributed by atoms with Crippen molar-refractivity contribution in [2.45, 2.75) is 45.1 Å². The topological polar surface area (TPSA) is 37.3 Å². The second-order valence-electron chi connectivity index (χ2n) is 7.19. The molecule has 2 aliphatic rings. The number of quaternary nitrogens is 1. The molecule has 2 saturated heterocycles. The van der Waals surface area contributed by atoms with Gasteiger partial charge in [-0.2, -0.15) is 0 Å². The van der Waals surface area contributed by atoms with E-state index in [9.17, 15) is 4.79 Å². The van der Waals surface area contributed by atoms with Crippen molar-refractivity contribution < 1.29 is 14.4 Å². The lowest BCUT2D eigenvalue weighted by Crippen LogP contribution is -2.60. The molecule has 0 radical (unpaired) electrons. The lowest BCUT2D eigenvalue weighted by atomic mass is 9.69. The predicted molar refractivity (Wildman–Crippen MR) is 82.8 cm³/mol. The largest absolute Gasteiger partial charge is 0.481 e. The van der Waals surface area contributed by atoms with Crippen LogP contribution >= 0.6 is 0 Å².